The molecule has 0 aliphatic carbocycles. The largest absolute Gasteiger partial charge is 0.494 e. The molecule has 160 valence electrons. The van der Waals surface area contributed by atoms with Crippen molar-refractivity contribution in [1.82, 2.24) is 25.8 Å². The Morgan fingerprint density at radius 2 is 2.13 bits per heavy atom. The third-order valence-electron chi connectivity index (χ3n) is 4.25. The van der Waals surface area contributed by atoms with Crippen molar-refractivity contribution in [3.05, 3.63) is 59.8 Å². The van der Waals surface area contributed by atoms with Crippen LogP contribution < -0.4 is 15.4 Å². The fourth-order valence-electron chi connectivity index (χ4n) is 2.68. The molecule has 0 bridgehead atoms. The average molecular weight is 526 g/mol. The van der Waals surface area contributed by atoms with E-state index in [0.717, 1.165) is 5.56 Å². The van der Waals surface area contributed by atoms with Gasteiger partial charge in [-0.15, -0.1) is 24.0 Å². The Morgan fingerprint density at radius 3 is 2.80 bits per heavy atom. The molecule has 0 saturated carbocycles. The number of hydrogen-bond donors (Lipinski definition) is 2. The molecule has 0 saturated heterocycles. The number of hydrogen-bond acceptors (Lipinski definition) is 6. The number of halogens is 2. The summed E-state index contributed by atoms with van der Waals surface area (Å²) in [6, 6.07) is 10.2. The van der Waals surface area contributed by atoms with E-state index in [9.17, 15) is 4.39 Å². The second-order valence-electron chi connectivity index (χ2n) is 6.24. The lowest BCUT2D eigenvalue weighted by Crippen LogP contribution is -2.39. The zero-order valence-electron chi connectivity index (χ0n) is 16.9. The molecule has 1 atom stereocenters. The van der Waals surface area contributed by atoms with E-state index in [1.54, 1.807) is 19.3 Å². The van der Waals surface area contributed by atoms with E-state index < -0.39 is 5.82 Å². The first-order valence-electron chi connectivity index (χ1n) is 9.15. The van der Waals surface area contributed by atoms with Crippen LogP contribution in [0.3, 0.4) is 0 Å². The van der Waals surface area contributed by atoms with Gasteiger partial charge in [0.1, 0.15) is 5.69 Å². The van der Waals surface area contributed by atoms with Gasteiger partial charge in [0.25, 0.3) is 5.89 Å². The maximum absolute atomic E-state index is 13.9. The first-order valence-corrected chi connectivity index (χ1v) is 9.15. The van der Waals surface area contributed by atoms with Crippen molar-refractivity contribution in [2.45, 2.75) is 19.4 Å². The Hall–Kier alpha value is -2.76. The zero-order valence-corrected chi connectivity index (χ0v) is 19.3. The molecule has 2 heterocycles. The number of rotatable bonds is 7. The lowest BCUT2D eigenvalue weighted by Gasteiger charge is -2.18. The molecule has 1 aromatic carbocycles. The van der Waals surface area contributed by atoms with Gasteiger partial charge in [-0.3, -0.25) is 9.98 Å². The van der Waals surface area contributed by atoms with Gasteiger partial charge in [0.05, 0.1) is 13.2 Å². The van der Waals surface area contributed by atoms with Crippen LogP contribution in [0.15, 0.2) is 52.1 Å². The van der Waals surface area contributed by atoms with E-state index in [4.69, 9.17) is 9.26 Å². The highest BCUT2D eigenvalue weighted by Crippen LogP contribution is 2.21. The van der Waals surface area contributed by atoms with Gasteiger partial charge < -0.3 is 19.9 Å². The number of nitrogens with one attached hydrogen (secondary N) is 2. The summed E-state index contributed by atoms with van der Waals surface area (Å²) in [7, 11) is 3.11. The second kappa shape index (κ2) is 11.4. The maximum atomic E-state index is 13.9. The minimum atomic E-state index is -0.401. The molecule has 0 spiro atoms. The van der Waals surface area contributed by atoms with E-state index in [1.807, 2.05) is 31.2 Å². The molecule has 3 rings (SSSR count). The van der Waals surface area contributed by atoms with Crippen molar-refractivity contribution in [3.8, 4) is 17.3 Å². The molecule has 2 N–H and O–H groups in total. The maximum Gasteiger partial charge on any atom is 0.276 e. The number of pyridine rings is 1. The van der Waals surface area contributed by atoms with Crippen LogP contribution in [-0.2, 0) is 6.42 Å². The summed E-state index contributed by atoms with van der Waals surface area (Å²) in [5.74, 6) is 1.36. The van der Waals surface area contributed by atoms with E-state index in [2.05, 4.69) is 30.8 Å². The first kappa shape index (κ1) is 23.5. The molecule has 8 nitrogen and oxygen atoms in total. The fourth-order valence-corrected chi connectivity index (χ4v) is 2.68. The highest BCUT2D eigenvalue weighted by molar-refractivity contribution is 14.0. The van der Waals surface area contributed by atoms with Crippen molar-refractivity contribution in [2.24, 2.45) is 4.99 Å². The average Bonchev–Trinajstić information content (AvgIpc) is 3.22. The predicted molar refractivity (Wildman–Crippen MR) is 123 cm³/mol. The highest BCUT2D eigenvalue weighted by Gasteiger charge is 2.12. The second-order valence-corrected chi connectivity index (χ2v) is 6.24. The van der Waals surface area contributed by atoms with Crippen LogP contribution in [0.2, 0.25) is 0 Å². The van der Waals surface area contributed by atoms with Crippen molar-refractivity contribution in [1.29, 1.82) is 0 Å². The van der Waals surface area contributed by atoms with Crippen molar-refractivity contribution in [2.75, 3.05) is 20.7 Å². The summed E-state index contributed by atoms with van der Waals surface area (Å²) in [5.41, 5.74) is 1.42. The van der Waals surface area contributed by atoms with Crippen LogP contribution in [0.5, 0.6) is 5.75 Å². The van der Waals surface area contributed by atoms with Crippen LogP contribution >= 0.6 is 24.0 Å². The van der Waals surface area contributed by atoms with Crippen LogP contribution in [0.4, 0.5) is 4.39 Å². The Morgan fingerprint density at radius 1 is 1.30 bits per heavy atom. The molecule has 30 heavy (non-hydrogen) atoms. The number of nitrogens with zero attached hydrogens (tertiary/aromatic N) is 4. The summed E-state index contributed by atoms with van der Waals surface area (Å²) < 4.78 is 24.1. The lowest BCUT2D eigenvalue weighted by atomic mass is 10.1. The van der Waals surface area contributed by atoms with E-state index >= 15 is 0 Å². The Labute approximate surface area is 191 Å². The van der Waals surface area contributed by atoms with Crippen molar-refractivity contribution < 1.29 is 13.7 Å². The van der Waals surface area contributed by atoms with Gasteiger partial charge in [0, 0.05) is 26.2 Å². The molecular weight excluding hydrogens is 502 g/mol. The first-order chi connectivity index (χ1) is 14.1. The van der Waals surface area contributed by atoms with Crippen molar-refractivity contribution in [3.63, 3.8) is 0 Å². The van der Waals surface area contributed by atoms with Gasteiger partial charge >= 0.3 is 0 Å². The number of ether oxygens (including phenoxy) is 1. The normalized spacial score (nSPS) is 12.1. The summed E-state index contributed by atoms with van der Waals surface area (Å²) in [6.07, 6.45) is 2.22. The molecule has 0 fully saturated rings. The third-order valence-corrected chi connectivity index (χ3v) is 4.25. The molecule has 0 aliphatic heterocycles. The molecule has 0 amide bonds. The summed E-state index contributed by atoms with van der Waals surface area (Å²) in [4.78, 5) is 12.7. The Balaban J connectivity index is 0.00000320. The molecule has 0 radical (unpaired) electrons. The molecule has 3 aromatic rings. The van der Waals surface area contributed by atoms with E-state index in [1.165, 1.54) is 13.2 Å². The van der Waals surface area contributed by atoms with Gasteiger partial charge in [-0.25, -0.2) is 4.39 Å². The van der Waals surface area contributed by atoms with Crippen LogP contribution in [0.1, 0.15) is 24.4 Å². The van der Waals surface area contributed by atoms with Crippen LogP contribution in [0.25, 0.3) is 11.6 Å². The van der Waals surface area contributed by atoms with Crippen LogP contribution in [-0.4, -0.2) is 41.8 Å². The quantitative estimate of drug-likeness (QED) is 0.277. The highest BCUT2D eigenvalue weighted by atomic mass is 127. The number of aliphatic imine (C=N–C) groups is 1. The summed E-state index contributed by atoms with van der Waals surface area (Å²) in [6.45, 7) is 2.47. The SMILES string of the molecule is CN=C(NCCc1noc(-c2ccccn2)n1)NC(C)c1ccc(OC)c(F)c1.I. The number of benzene rings is 1. The van der Waals surface area contributed by atoms with E-state index in [0.29, 0.717) is 36.3 Å². The zero-order chi connectivity index (χ0) is 20.6. The number of guanidine groups is 1. The monoisotopic (exact) mass is 526 g/mol. The molecule has 10 heteroatoms. The summed E-state index contributed by atoms with van der Waals surface area (Å²) in [5, 5.41) is 10.4. The van der Waals surface area contributed by atoms with Gasteiger partial charge in [-0.1, -0.05) is 17.3 Å². The van der Waals surface area contributed by atoms with Gasteiger partial charge in [-0.05, 0) is 36.8 Å². The van der Waals surface area contributed by atoms with E-state index in [-0.39, 0.29) is 35.8 Å². The Bertz CT molecular complexity index is 967. The van der Waals surface area contributed by atoms with Gasteiger partial charge in [-0.2, -0.15) is 4.98 Å². The minimum Gasteiger partial charge on any atom is -0.494 e. The number of aromatic nitrogens is 3. The van der Waals surface area contributed by atoms with Gasteiger partial charge in [0.2, 0.25) is 0 Å². The number of methoxy groups -OCH3 is 1. The van der Waals surface area contributed by atoms with Crippen molar-refractivity contribution >= 4 is 29.9 Å². The Kier molecular flexibility index (Phi) is 8.96. The van der Waals surface area contributed by atoms with Crippen LogP contribution in [0, 0.1) is 5.82 Å². The third kappa shape index (κ3) is 6.12. The topological polar surface area (TPSA) is 97.5 Å². The molecule has 2 aromatic heterocycles. The minimum absolute atomic E-state index is 0. The molecule has 1 unspecified atom stereocenters. The smallest absolute Gasteiger partial charge is 0.276 e. The molecular formula is C20H24FIN6O2. The predicted octanol–water partition coefficient (Wildman–Crippen LogP) is 3.37. The standard InChI is InChI=1S/C20H23FN6O2.HI/c1-13(14-7-8-17(28-3)15(21)12-14)25-20(22-2)24-11-9-18-26-19(29-27-18)16-6-4-5-10-23-16;/h4-8,10,12-13H,9,11H2,1-3H3,(H2,22,24,25);1H. The van der Waals surface area contributed by atoms with Gasteiger partial charge in [0.15, 0.2) is 23.4 Å². The lowest BCUT2D eigenvalue weighted by molar-refractivity contribution is 0.386. The molecule has 0 aliphatic rings. The summed E-state index contributed by atoms with van der Waals surface area (Å²) >= 11 is 0. The fraction of sp³-hybridized carbons (Fsp3) is 0.300.